The average molecular weight is 323 g/mol. The van der Waals surface area contributed by atoms with Gasteiger partial charge >= 0.3 is 6.09 Å². The molecule has 8 heteroatoms. The first-order chi connectivity index (χ1) is 11.2. The zero-order valence-corrected chi connectivity index (χ0v) is 13.4. The van der Waals surface area contributed by atoms with Crippen LogP contribution >= 0.6 is 0 Å². The molecule has 2 aliphatic heterocycles. The SMILES string of the molecule is CN1CCN(c2ncc3c(n2)CCN(C(=O)OCCF)C3)CC1. The van der Waals surface area contributed by atoms with Gasteiger partial charge in [-0.05, 0) is 7.05 Å². The average Bonchev–Trinajstić information content (AvgIpc) is 2.59. The summed E-state index contributed by atoms with van der Waals surface area (Å²) in [6.07, 6.45) is 1.99. The number of nitrogens with zero attached hydrogens (tertiary/aromatic N) is 5. The van der Waals surface area contributed by atoms with Crippen LogP contribution in [0, 0.1) is 0 Å². The van der Waals surface area contributed by atoms with Crippen molar-refractivity contribution in [3.63, 3.8) is 0 Å². The standard InChI is InChI=1S/C15H22FN5O2/c1-19-5-7-20(8-6-19)14-17-10-12-11-21(4-2-13(12)18-14)15(22)23-9-3-16/h10H,2-9,11H2,1H3. The molecule has 7 nitrogen and oxygen atoms in total. The van der Waals surface area contributed by atoms with Crippen LogP contribution in [0.1, 0.15) is 11.3 Å². The number of carbonyl (C=O) groups excluding carboxylic acids is 1. The van der Waals surface area contributed by atoms with E-state index in [2.05, 4.69) is 26.8 Å². The molecule has 0 spiro atoms. The highest BCUT2D eigenvalue weighted by Crippen LogP contribution is 2.20. The number of carbonyl (C=O) groups is 1. The summed E-state index contributed by atoms with van der Waals surface area (Å²) in [5, 5.41) is 0. The number of aromatic nitrogens is 2. The highest BCUT2D eigenvalue weighted by atomic mass is 19.1. The predicted octanol–water partition coefficient (Wildman–Crippen LogP) is 0.693. The topological polar surface area (TPSA) is 61.8 Å². The quantitative estimate of drug-likeness (QED) is 0.816. The van der Waals surface area contributed by atoms with Crippen LogP contribution < -0.4 is 4.90 Å². The first kappa shape index (κ1) is 15.9. The Morgan fingerprint density at radius 2 is 2.09 bits per heavy atom. The lowest BCUT2D eigenvalue weighted by molar-refractivity contribution is 0.0918. The van der Waals surface area contributed by atoms with Gasteiger partial charge in [0.2, 0.25) is 5.95 Å². The van der Waals surface area contributed by atoms with Gasteiger partial charge in [0.1, 0.15) is 13.3 Å². The molecule has 0 atom stereocenters. The van der Waals surface area contributed by atoms with Crippen LogP contribution in [0.25, 0.3) is 0 Å². The molecular weight excluding hydrogens is 301 g/mol. The number of rotatable bonds is 3. The fourth-order valence-electron chi connectivity index (χ4n) is 2.84. The smallest absolute Gasteiger partial charge is 0.410 e. The molecule has 1 aromatic rings. The molecule has 0 radical (unpaired) electrons. The van der Waals surface area contributed by atoms with E-state index in [9.17, 15) is 9.18 Å². The molecule has 1 aromatic heterocycles. The third kappa shape index (κ3) is 3.69. The Kier molecular flexibility index (Phi) is 4.90. The summed E-state index contributed by atoms with van der Waals surface area (Å²) < 4.78 is 16.9. The highest BCUT2D eigenvalue weighted by Gasteiger charge is 2.24. The van der Waals surface area contributed by atoms with Crippen LogP contribution in [-0.2, 0) is 17.7 Å². The summed E-state index contributed by atoms with van der Waals surface area (Å²) in [4.78, 5) is 27.0. The van der Waals surface area contributed by atoms with Crippen LogP contribution in [0.4, 0.5) is 15.1 Å². The molecule has 3 rings (SSSR count). The first-order valence-electron chi connectivity index (χ1n) is 7.93. The molecule has 1 saturated heterocycles. The number of halogens is 1. The maximum atomic E-state index is 12.1. The monoisotopic (exact) mass is 323 g/mol. The third-order valence-corrected chi connectivity index (χ3v) is 4.27. The van der Waals surface area contributed by atoms with Crippen LogP contribution in [0.5, 0.6) is 0 Å². The van der Waals surface area contributed by atoms with Gasteiger partial charge < -0.3 is 19.4 Å². The minimum atomic E-state index is -0.659. The second-order valence-corrected chi connectivity index (χ2v) is 5.91. The lowest BCUT2D eigenvalue weighted by atomic mass is 10.1. The number of piperazine rings is 1. The summed E-state index contributed by atoms with van der Waals surface area (Å²) in [6, 6.07) is 0. The molecule has 0 bridgehead atoms. The Balaban J connectivity index is 1.65. The van der Waals surface area contributed by atoms with Gasteiger partial charge in [0.25, 0.3) is 0 Å². The molecule has 1 amide bonds. The summed E-state index contributed by atoms with van der Waals surface area (Å²) >= 11 is 0. The van der Waals surface area contributed by atoms with Crippen molar-refractivity contribution >= 4 is 12.0 Å². The van der Waals surface area contributed by atoms with Crippen LogP contribution in [0.3, 0.4) is 0 Å². The van der Waals surface area contributed by atoms with E-state index in [1.54, 1.807) is 11.1 Å². The second kappa shape index (κ2) is 7.08. The van der Waals surface area contributed by atoms with Crippen LogP contribution in [0.2, 0.25) is 0 Å². The normalized spacial score (nSPS) is 18.7. The summed E-state index contributed by atoms with van der Waals surface area (Å²) in [5.74, 6) is 0.769. The van der Waals surface area contributed by atoms with Crippen molar-refractivity contribution in [1.82, 2.24) is 19.8 Å². The van der Waals surface area contributed by atoms with Crippen molar-refractivity contribution < 1.29 is 13.9 Å². The highest BCUT2D eigenvalue weighted by molar-refractivity contribution is 5.68. The molecule has 23 heavy (non-hydrogen) atoms. The predicted molar refractivity (Wildman–Crippen MR) is 83.2 cm³/mol. The minimum Gasteiger partial charge on any atom is -0.447 e. The fourth-order valence-corrected chi connectivity index (χ4v) is 2.84. The summed E-state index contributed by atoms with van der Waals surface area (Å²) in [7, 11) is 2.11. The number of hydrogen-bond donors (Lipinski definition) is 0. The van der Waals surface area contributed by atoms with Gasteiger partial charge in [0, 0.05) is 50.9 Å². The second-order valence-electron chi connectivity index (χ2n) is 5.91. The van der Waals surface area contributed by atoms with Crippen LogP contribution in [-0.4, -0.2) is 78.9 Å². The van der Waals surface area contributed by atoms with Crippen molar-refractivity contribution in [2.45, 2.75) is 13.0 Å². The van der Waals surface area contributed by atoms with Gasteiger partial charge in [0.15, 0.2) is 0 Å². The Hall–Kier alpha value is -1.96. The van der Waals surface area contributed by atoms with E-state index in [-0.39, 0.29) is 6.61 Å². The molecule has 2 aliphatic rings. The number of hydrogen-bond acceptors (Lipinski definition) is 6. The van der Waals surface area contributed by atoms with Gasteiger partial charge in [-0.2, -0.15) is 0 Å². The van der Waals surface area contributed by atoms with Gasteiger partial charge in [-0.1, -0.05) is 0 Å². The largest absolute Gasteiger partial charge is 0.447 e. The van der Waals surface area contributed by atoms with Gasteiger partial charge in [-0.3, -0.25) is 0 Å². The van der Waals surface area contributed by atoms with Crippen molar-refractivity contribution in [3.8, 4) is 0 Å². The fraction of sp³-hybridized carbons (Fsp3) is 0.667. The third-order valence-electron chi connectivity index (χ3n) is 4.27. The van der Waals surface area contributed by atoms with E-state index >= 15 is 0 Å². The van der Waals surface area contributed by atoms with Crippen molar-refractivity contribution in [2.24, 2.45) is 0 Å². The molecule has 0 aromatic carbocycles. The zero-order valence-electron chi connectivity index (χ0n) is 13.4. The lowest BCUT2D eigenvalue weighted by Crippen LogP contribution is -2.45. The number of likely N-dealkylation sites (N-methyl/N-ethyl adjacent to an activating group) is 1. The van der Waals surface area contributed by atoms with E-state index in [1.165, 1.54) is 0 Å². The molecule has 0 N–H and O–H groups in total. The summed E-state index contributed by atoms with van der Waals surface area (Å²) in [5.41, 5.74) is 1.93. The number of ether oxygens (including phenoxy) is 1. The Labute approximate surface area is 135 Å². The molecule has 0 unspecified atom stereocenters. The number of fused-ring (bicyclic) bond motifs is 1. The maximum Gasteiger partial charge on any atom is 0.410 e. The Morgan fingerprint density at radius 3 is 2.83 bits per heavy atom. The van der Waals surface area contributed by atoms with Gasteiger partial charge in [0.05, 0.1) is 12.2 Å². The summed E-state index contributed by atoms with van der Waals surface area (Å²) in [6.45, 7) is 3.98. The molecule has 0 saturated carbocycles. The van der Waals surface area contributed by atoms with Crippen molar-refractivity contribution in [1.29, 1.82) is 0 Å². The molecular formula is C15H22FN5O2. The zero-order chi connectivity index (χ0) is 16.2. The molecule has 1 fully saturated rings. The van der Waals surface area contributed by atoms with Gasteiger partial charge in [-0.15, -0.1) is 0 Å². The number of amides is 1. The molecule has 0 aliphatic carbocycles. The maximum absolute atomic E-state index is 12.1. The number of alkyl halides is 1. The number of anilines is 1. The van der Waals surface area contributed by atoms with E-state index < -0.39 is 12.8 Å². The molecule has 3 heterocycles. The van der Waals surface area contributed by atoms with E-state index in [0.29, 0.717) is 19.5 Å². The van der Waals surface area contributed by atoms with E-state index in [0.717, 1.165) is 43.4 Å². The minimum absolute atomic E-state index is 0.193. The Bertz CT molecular complexity index is 563. The Morgan fingerprint density at radius 1 is 1.30 bits per heavy atom. The van der Waals surface area contributed by atoms with E-state index in [4.69, 9.17) is 4.74 Å². The van der Waals surface area contributed by atoms with Crippen molar-refractivity contribution in [3.05, 3.63) is 17.5 Å². The van der Waals surface area contributed by atoms with Gasteiger partial charge in [-0.25, -0.2) is 19.2 Å². The van der Waals surface area contributed by atoms with Crippen LogP contribution in [0.15, 0.2) is 6.20 Å². The molecule has 126 valence electrons. The van der Waals surface area contributed by atoms with Crippen molar-refractivity contribution in [2.75, 3.05) is 58.0 Å². The first-order valence-corrected chi connectivity index (χ1v) is 7.93. The van der Waals surface area contributed by atoms with E-state index in [1.807, 2.05) is 0 Å². The lowest BCUT2D eigenvalue weighted by Gasteiger charge is -2.33.